The molecule has 0 bridgehead atoms. The van der Waals surface area contributed by atoms with Gasteiger partial charge in [0.05, 0.1) is 0 Å². The van der Waals surface area contributed by atoms with E-state index in [1.54, 1.807) is 18.3 Å². The molecule has 0 saturated heterocycles. The summed E-state index contributed by atoms with van der Waals surface area (Å²) in [6.45, 7) is 7.49. The van der Waals surface area contributed by atoms with Gasteiger partial charge in [0.2, 0.25) is 5.95 Å². The molecule has 22 heavy (non-hydrogen) atoms. The van der Waals surface area contributed by atoms with Crippen LogP contribution in [0.5, 0.6) is 0 Å². The molecule has 0 radical (unpaired) electrons. The van der Waals surface area contributed by atoms with E-state index in [0.29, 0.717) is 24.7 Å². The summed E-state index contributed by atoms with van der Waals surface area (Å²) in [5.74, 6) is 0.330. The minimum absolute atomic E-state index is 0.223. The molecular weight excluding hydrogens is 276 g/mol. The molecular formula is C17H20N4O. The van der Waals surface area contributed by atoms with E-state index in [1.807, 2.05) is 30.0 Å². The number of rotatable bonds is 7. The fourth-order valence-corrected chi connectivity index (χ4v) is 2.01. The van der Waals surface area contributed by atoms with Crippen LogP contribution in [0.1, 0.15) is 23.0 Å². The summed E-state index contributed by atoms with van der Waals surface area (Å²) in [6, 6.07) is 11.7. The molecule has 1 amide bonds. The van der Waals surface area contributed by atoms with Crippen LogP contribution in [0, 0.1) is 0 Å². The van der Waals surface area contributed by atoms with Crippen molar-refractivity contribution in [1.29, 1.82) is 0 Å². The molecule has 114 valence electrons. The third-order valence-electron chi connectivity index (χ3n) is 3.16. The summed E-state index contributed by atoms with van der Waals surface area (Å²) >= 11 is 0. The largest absolute Gasteiger partial charge is 0.347 e. The molecule has 0 atom stereocenters. The van der Waals surface area contributed by atoms with Crippen molar-refractivity contribution in [3.8, 4) is 0 Å². The highest BCUT2D eigenvalue weighted by Crippen LogP contribution is 2.12. The van der Waals surface area contributed by atoms with Crippen molar-refractivity contribution >= 4 is 11.9 Å². The van der Waals surface area contributed by atoms with Gasteiger partial charge in [0.25, 0.3) is 5.91 Å². The number of hydrogen-bond donors (Lipinski definition) is 1. The predicted octanol–water partition coefficient (Wildman–Crippen LogP) is 2.42. The van der Waals surface area contributed by atoms with Crippen molar-refractivity contribution in [2.45, 2.75) is 13.5 Å². The first kappa shape index (κ1) is 15.7. The van der Waals surface area contributed by atoms with E-state index in [0.717, 1.165) is 6.54 Å². The Morgan fingerprint density at radius 2 is 2.09 bits per heavy atom. The Labute approximate surface area is 130 Å². The summed E-state index contributed by atoms with van der Waals surface area (Å²) in [7, 11) is 0. The van der Waals surface area contributed by atoms with Crippen LogP contribution in [0.15, 0.2) is 55.3 Å². The second-order valence-electron chi connectivity index (χ2n) is 4.74. The van der Waals surface area contributed by atoms with E-state index >= 15 is 0 Å². The molecule has 1 heterocycles. The molecule has 0 aliphatic rings. The summed E-state index contributed by atoms with van der Waals surface area (Å²) in [5, 5.41) is 2.72. The molecule has 1 aromatic carbocycles. The average molecular weight is 296 g/mol. The molecule has 2 rings (SSSR count). The number of carbonyl (C=O) groups is 1. The molecule has 0 aliphatic carbocycles. The molecule has 1 N–H and O–H groups in total. The minimum Gasteiger partial charge on any atom is -0.347 e. The number of aromatic nitrogens is 2. The molecule has 0 aliphatic heterocycles. The molecule has 5 nitrogen and oxygen atoms in total. The Hall–Kier alpha value is -2.69. The highest BCUT2D eigenvalue weighted by molar-refractivity contribution is 5.92. The second kappa shape index (κ2) is 7.93. The van der Waals surface area contributed by atoms with Crippen LogP contribution in [0.25, 0.3) is 0 Å². The summed E-state index contributed by atoms with van der Waals surface area (Å²) < 4.78 is 0. The van der Waals surface area contributed by atoms with Crippen molar-refractivity contribution < 1.29 is 4.79 Å². The zero-order valence-corrected chi connectivity index (χ0v) is 12.7. The van der Waals surface area contributed by atoms with E-state index in [-0.39, 0.29) is 5.91 Å². The van der Waals surface area contributed by atoms with Crippen LogP contribution < -0.4 is 10.2 Å². The number of benzene rings is 1. The van der Waals surface area contributed by atoms with E-state index < -0.39 is 0 Å². The van der Waals surface area contributed by atoms with Crippen molar-refractivity contribution in [1.82, 2.24) is 15.3 Å². The van der Waals surface area contributed by atoms with Gasteiger partial charge in [0, 0.05) is 25.8 Å². The molecule has 0 unspecified atom stereocenters. The smallest absolute Gasteiger partial charge is 0.270 e. The molecule has 2 aromatic rings. The first-order valence-electron chi connectivity index (χ1n) is 7.25. The topological polar surface area (TPSA) is 58.1 Å². The zero-order valence-electron chi connectivity index (χ0n) is 12.7. The molecule has 0 saturated carbocycles. The lowest BCUT2D eigenvalue weighted by molar-refractivity contribution is 0.0953. The predicted molar refractivity (Wildman–Crippen MR) is 87.7 cm³/mol. The molecule has 0 fully saturated rings. The lowest BCUT2D eigenvalue weighted by Gasteiger charge is -2.21. The van der Waals surface area contributed by atoms with Crippen LogP contribution in [-0.4, -0.2) is 29.0 Å². The van der Waals surface area contributed by atoms with Crippen LogP contribution >= 0.6 is 0 Å². The number of amides is 1. The monoisotopic (exact) mass is 296 g/mol. The van der Waals surface area contributed by atoms with Crippen LogP contribution in [0.2, 0.25) is 0 Å². The fraction of sp³-hybridized carbons (Fsp3) is 0.235. The average Bonchev–Trinajstić information content (AvgIpc) is 2.58. The van der Waals surface area contributed by atoms with Gasteiger partial charge in [-0.25, -0.2) is 9.97 Å². The van der Waals surface area contributed by atoms with Crippen molar-refractivity contribution in [3.05, 3.63) is 66.5 Å². The normalized spacial score (nSPS) is 10.0. The number of nitrogens with zero attached hydrogens (tertiary/aromatic N) is 3. The third kappa shape index (κ3) is 4.15. The van der Waals surface area contributed by atoms with Gasteiger partial charge in [-0.3, -0.25) is 4.79 Å². The fourth-order valence-electron chi connectivity index (χ4n) is 2.01. The Balaban J connectivity index is 2.15. The van der Waals surface area contributed by atoms with Crippen molar-refractivity contribution in [3.63, 3.8) is 0 Å². The first-order valence-corrected chi connectivity index (χ1v) is 7.25. The zero-order chi connectivity index (χ0) is 15.8. The van der Waals surface area contributed by atoms with Gasteiger partial charge >= 0.3 is 0 Å². The Morgan fingerprint density at radius 3 is 2.77 bits per heavy atom. The van der Waals surface area contributed by atoms with Gasteiger partial charge in [-0.1, -0.05) is 36.4 Å². The minimum atomic E-state index is -0.223. The Kier molecular flexibility index (Phi) is 5.65. The Bertz CT molecular complexity index is 628. The summed E-state index contributed by atoms with van der Waals surface area (Å²) in [6.07, 6.45) is 3.24. The lowest BCUT2D eigenvalue weighted by Crippen LogP contribution is -2.27. The number of nitrogens with one attached hydrogen (secondary N) is 1. The SMILES string of the molecule is C=CCNC(=O)c1ccnc(N(CC)Cc2ccccc2)n1. The molecule has 1 aromatic heterocycles. The van der Waals surface area contributed by atoms with Crippen LogP contribution in [-0.2, 0) is 6.54 Å². The summed E-state index contributed by atoms with van der Waals surface area (Å²) in [5.41, 5.74) is 1.54. The molecule has 5 heteroatoms. The van der Waals surface area contributed by atoms with Gasteiger partial charge in [-0.2, -0.15) is 0 Å². The first-order chi connectivity index (χ1) is 10.7. The highest BCUT2D eigenvalue weighted by Gasteiger charge is 2.12. The van der Waals surface area contributed by atoms with E-state index in [4.69, 9.17) is 0 Å². The maximum atomic E-state index is 12.0. The number of hydrogen-bond acceptors (Lipinski definition) is 4. The third-order valence-corrected chi connectivity index (χ3v) is 3.16. The van der Waals surface area contributed by atoms with Crippen molar-refractivity contribution in [2.24, 2.45) is 0 Å². The summed E-state index contributed by atoms with van der Waals surface area (Å²) in [4.78, 5) is 22.6. The molecule has 0 spiro atoms. The van der Waals surface area contributed by atoms with Gasteiger partial charge < -0.3 is 10.2 Å². The van der Waals surface area contributed by atoms with Crippen molar-refractivity contribution in [2.75, 3.05) is 18.0 Å². The van der Waals surface area contributed by atoms with Gasteiger partial charge in [0.1, 0.15) is 5.69 Å². The number of anilines is 1. The maximum absolute atomic E-state index is 12.0. The standard InChI is InChI=1S/C17H20N4O/c1-3-11-18-16(22)15-10-12-19-17(20-15)21(4-2)13-14-8-6-5-7-9-14/h3,5-10,12H,1,4,11,13H2,2H3,(H,18,22). The van der Waals surface area contributed by atoms with Gasteiger partial charge in [0.15, 0.2) is 0 Å². The van der Waals surface area contributed by atoms with E-state index in [2.05, 4.69) is 34.0 Å². The maximum Gasteiger partial charge on any atom is 0.270 e. The lowest BCUT2D eigenvalue weighted by atomic mass is 10.2. The highest BCUT2D eigenvalue weighted by atomic mass is 16.1. The number of carbonyl (C=O) groups excluding carboxylic acids is 1. The van der Waals surface area contributed by atoms with E-state index in [9.17, 15) is 4.79 Å². The van der Waals surface area contributed by atoms with Crippen LogP contribution in [0.3, 0.4) is 0 Å². The quantitative estimate of drug-likeness (QED) is 0.797. The van der Waals surface area contributed by atoms with E-state index in [1.165, 1.54) is 5.56 Å². The Morgan fingerprint density at radius 1 is 1.32 bits per heavy atom. The second-order valence-corrected chi connectivity index (χ2v) is 4.74. The van der Waals surface area contributed by atoms with Gasteiger partial charge in [-0.05, 0) is 18.6 Å². The van der Waals surface area contributed by atoms with Gasteiger partial charge in [-0.15, -0.1) is 6.58 Å². The van der Waals surface area contributed by atoms with Crippen LogP contribution in [0.4, 0.5) is 5.95 Å².